The molecule has 0 spiro atoms. The zero-order valence-corrected chi connectivity index (χ0v) is 17.8. The summed E-state index contributed by atoms with van der Waals surface area (Å²) in [6.45, 7) is 4.31. The van der Waals surface area contributed by atoms with E-state index in [0.717, 1.165) is 19.0 Å². The summed E-state index contributed by atoms with van der Waals surface area (Å²) in [5.41, 5.74) is 0. The lowest BCUT2D eigenvalue weighted by atomic mass is 10.1. The Morgan fingerprint density at radius 1 is 0.760 bits per heavy atom. The van der Waals surface area contributed by atoms with Crippen LogP contribution in [0.3, 0.4) is 0 Å². The average molecular weight is 377 g/mol. The third kappa shape index (κ3) is 20.4. The van der Waals surface area contributed by atoms with Crippen molar-refractivity contribution in [2.45, 2.75) is 96.5 Å². The molecule has 0 radical (unpaired) electrons. The number of hydrogen-bond donors (Lipinski definition) is 1. The van der Waals surface area contributed by atoms with E-state index in [1.54, 1.807) is 7.11 Å². The molecule has 0 aliphatic carbocycles. The summed E-state index contributed by atoms with van der Waals surface area (Å²) in [5.74, 6) is 2.09. The summed E-state index contributed by atoms with van der Waals surface area (Å²) >= 11 is 1.89. The molecule has 0 aliphatic rings. The van der Waals surface area contributed by atoms with Crippen LogP contribution in [0.2, 0.25) is 0 Å². The topological polar surface area (TPSA) is 38.7 Å². The van der Waals surface area contributed by atoms with E-state index >= 15 is 0 Å². The molecule has 0 rings (SSSR count). The molecule has 1 unspecified atom stereocenters. The predicted octanol–water partition coefficient (Wildman–Crippen LogP) is 5.83. The van der Waals surface area contributed by atoms with Crippen molar-refractivity contribution in [2.75, 3.05) is 38.4 Å². The van der Waals surface area contributed by atoms with E-state index in [0.29, 0.717) is 0 Å². The van der Waals surface area contributed by atoms with Gasteiger partial charge >= 0.3 is 0 Å². The summed E-state index contributed by atoms with van der Waals surface area (Å²) in [4.78, 5) is 0. The summed E-state index contributed by atoms with van der Waals surface area (Å²) in [7, 11) is 1.67. The highest BCUT2D eigenvalue weighted by Gasteiger charge is 2.04. The van der Waals surface area contributed by atoms with Gasteiger partial charge in [-0.3, -0.25) is 0 Å². The van der Waals surface area contributed by atoms with Crippen molar-refractivity contribution in [1.29, 1.82) is 0 Å². The van der Waals surface area contributed by atoms with Gasteiger partial charge in [-0.25, -0.2) is 0 Å². The molecule has 0 aromatic rings. The van der Waals surface area contributed by atoms with Crippen LogP contribution in [0.15, 0.2) is 0 Å². The second-order valence-electron chi connectivity index (χ2n) is 6.97. The Morgan fingerprint density at radius 3 is 1.80 bits per heavy atom. The number of hydrogen-bond acceptors (Lipinski definition) is 4. The highest BCUT2D eigenvalue weighted by atomic mass is 32.2. The van der Waals surface area contributed by atoms with Gasteiger partial charge in [0.05, 0.1) is 12.7 Å². The first-order valence-corrected chi connectivity index (χ1v) is 11.8. The lowest BCUT2D eigenvalue weighted by Crippen LogP contribution is -2.18. The number of rotatable bonds is 21. The van der Waals surface area contributed by atoms with Crippen molar-refractivity contribution in [3.8, 4) is 0 Å². The molecule has 0 aliphatic heterocycles. The third-order valence-electron chi connectivity index (χ3n) is 4.56. The van der Waals surface area contributed by atoms with Crippen molar-refractivity contribution in [2.24, 2.45) is 0 Å². The molecule has 0 aromatic carbocycles. The molecule has 4 heteroatoms. The van der Waals surface area contributed by atoms with Crippen molar-refractivity contribution < 1.29 is 14.6 Å². The minimum absolute atomic E-state index is 0.00561. The first-order valence-electron chi connectivity index (χ1n) is 10.6. The van der Waals surface area contributed by atoms with Crippen molar-refractivity contribution >= 4 is 11.8 Å². The SMILES string of the molecule is CCCCCCCCCOCCCCCCCCSCC(CO)OC. The second-order valence-corrected chi connectivity index (χ2v) is 8.12. The number of methoxy groups -OCH3 is 1. The Kier molecular flexibility index (Phi) is 22.5. The van der Waals surface area contributed by atoms with Gasteiger partial charge in [-0.1, -0.05) is 71.1 Å². The molecule has 0 bridgehead atoms. The minimum atomic E-state index is 0.00561. The molecule has 1 N–H and O–H groups in total. The Bertz CT molecular complexity index is 235. The van der Waals surface area contributed by atoms with Gasteiger partial charge < -0.3 is 14.6 Å². The van der Waals surface area contributed by atoms with Crippen molar-refractivity contribution in [3.05, 3.63) is 0 Å². The fraction of sp³-hybridized carbons (Fsp3) is 1.00. The normalized spacial score (nSPS) is 12.6. The monoisotopic (exact) mass is 376 g/mol. The van der Waals surface area contributed by atoms with E-state index in [1.165, 1.54) is 89.2 Å². The quantitative estimate of drug-likeness (QED) is 0.256. The van der Waals surface area contributed by atoms with E-state index in [2.05, 4.69) is 6.92 Å². The number of aliphatic hydroxyl groups is 1. The van der Waals surface area contributed by atoms with Crippen LogP contribution in [0.4, 0.5) is 0 Å². The summed E-state index contributed by atoms with van der Waals surface area (Å²) in [6.07, 6.45) is 17.3. The Balaban J connectivity index is 3.03. The smallest absolute Gasteiger partial charge is 0.0892 e. The Hall–Kier alpha value is 0.230. The van der Waals surface area contributed by atoms with Gasteiger partial charge in [0, 0.05) is 26.1 Å². The van der Waals surface area contributed by atoms with Gasteiger partial charge in [-0.05, 0) is 25.0 Å². The molecule has 0 fully saturated rings. The van der Waals surface area contributed by atoms with Crippen molar-refractivity contribution in [3.63, 3.8) is 0 Å². The van der Waals surface area contributed by atoms with E-state index in [4.69, 9.17) is 14.6 Å². The first-order chi connectivity index (χ1) is 12.3. The first kappa shape index (κ1) is 25.2. The maximum absolute atomic E-state index is 9.02. The minimum Gasteiger partial charge on any atom is -0.394 e. The number of aliphatic hydroxyl groups excluding tert-OH is 1. The fourth-order valence-corrected chi connectivity index (χ4v) is 3.87. The maximum atomic E-state index is 9.02. The van der Waals surface area contributed by atoms with E-state index < -0.39 is 0 Å². The molecule has 25 heavy (non-hydrogen) atoms. The lowest BCUT2D eigenvalue weighted by molar-refractivity contribution is 0.0656. The lowest BCUT2D eigenvalue weighted by Gasteiger charge is -2.11. The van der Waals surface area contributed by atoms with Crippen LogP contribution in [0.5, 0.6) is 0 Å². The number of unbranched alkanes of at least 4 members (excludes halogenated alkanes) is 11. The molecule has 1 atom stereocenters. The van der Waals surface area contributed by atoms with E-state index in [-0.39, 0.29) is 12.7 Å². The van der Waals surface area contributed by atoms with Gasteiger partial charge in [-0.15, -0.1) is 0 Å². The van der Waals surface area contributed by atoms with Gasteiger partial charge in [0.15, 0.2) is 0 Å². The molecular formula is C21H44O3S. The maximum Gasteiger partial charge on any atom is 0.0892 e. The fourth-order valence-electron chi connectivity index (χ4n) is 2.79. The molecule has 0 amide bonds. The van der Waals surface area contributed by atoms with Crippen LogP contribution in [0, 0.1) is 0 Å². The Morgan fingerprint density at radius 2 is 1.28 bits per heavy atom. The van der Waals surface area contributed by atoms with Crippen LogP contribution in [-0.2, 0) is 9.47 Å². The zero-order chi connectivity index (χ0) is 18.4. The second kappa shape index (κ2) is 22.3. The third-order valence-corrected chi connectivity index (χ3v) is 5.75. The van der Waals surface area contributed by atoms with Gasteiger partial charge in [0.25, 0.3) is 0 Å². The van der Waals surface area contributed by atoms with E-state index in [1.807, 2.05) is 11.8 Å². The molecular weight excluding hydrogens is 332 g/mol. The van der Waals surface area contributed by atoms with Gasteiger partial charge in [0.1, 0.15) is 0 Å². The van der Waals surface area contributed by atoms with Crippen LogP contribution in [0.1, 0.15) is 90.4 Å². The highest BCUT2D eigenvalue weighted by Crippen LogP contribution is 2.12. The van der Waals surface area contributed by atoms with Gasteiger partial charge in [-0.2, -0.15) is 11.8 Å². The van der Waals surface area contributed by atoms with Crippen LogP contribution in [0.25, 0.3) is 0 Å². The molecule has 0 heterocycles. The molecule has 152 valence electrons. The summed E-state index contributed by atoms with van der Waals surface area (Å²) in [5, 5.41) is 9.02. The highest BCUT2D eigenvalue weighted by molar-refractivity contribution is 7.99. The predicted molar refractivity (Wildman–Crippen MR) is 112 cm³/mol. The van der Waals surface area contributed by atoms with Crippen LogP contribution in [-0.4, -0.2) is 49.6 Å². The van der Waals surface area contributed by atoms with Crippen molar-refractivity contribution in [1.82, 2.24) is 0 Å². The Labute approximate surface area is 161 Å². The molecule has 0 saturated carbocycles. The zero-order valence-electron chi connectivity index (χ0n) is 17.0. The van der Waals surface area contributed by atoms with E-state index in [9.17, 15) is 0 Å². The number of ether oxygens (including phenoxy) is 2. The standard InChI is InChI=1S/C21H44O3S/c1-3-4-5-6-7-10-13-16-24-17-14-11-8-9-12-15-18-25-20-21(19-22)23-2/h21-22H,3-20H2,1-2H3. The summed E-state index contributed by atoms with van der Waals surface area (Å²) in [6, 6.07) is 0. The largest absolute Gasteiger partial charge is 0.394 e. The molecule has 0 aromatic heterocycles. The van der Waals surface area contributed by atoms with Gasteiger partial charge in [0.2, 0.25) is 0 Å². The van der Waals surface area contributed by atoms with Crippen LogP contribution >= 0.6 is 11.8 Å². The molecule has 0 saturated heterocycles. The van der Waals surface area contributed by atoms with Crippen LogP contribution < -0.4 is 0 Å². The molecule has 3 nitrogen and oxygen atoms in total. The average Bonchev–Trinajstić information content (AvgIpc) is 2.64. The summed E-state index contributed by atoms with van der Waals surface area (Å²) < 4.78 is 10.9. The number of thioether (sulfide) groups is 1.